The molecule has 27 heavy (non-hydrogen) atoms. The molecular formula is C20H29N5O2. The number of rotatable bonds is 2. The van der Waals surface area contributed by atoms with Crippen LogP contribution in [0.15, 0.2) is 12.5 Å². The zero-order chi connectivity index (χ0) is 19.3. The van der Waals surface area contributed by atoms with Gasteiger partial charge in [0.05, 0.1) is 5.39 Å². The smallest absolute Gasteiger partial charge is 0.410 e. The van der Waals surface area contributed by atoms with Gasteiger partial charge in [-0.3, -0.25) is 0 Å². The molecule has 1 unspecified atom stereocenters. The zero-order valence-electron chi connectivity index (χ0n) is 16.8. The lowest BCUT2D eigenvalue weighted by Gasteiger charge is -2.44. The Morgan fingerprint density at radius 1 is 1.19 bits per heavy atom. The van der Waals surface area contributed by atoms with Crippen molar-refractivity contribution in [1.29, 1.82) is 0 Å². The third-order valence-electron chi connectivity index (χ3n) is 5.38. The van der Waals surface area contributed by atoms with Crippen molar-refractivity contribution in [1.82, 2.24) is 19.9 Å². The highest BCUT2D eigenvalue weighted by atomic mass is 16.6. The van der Waals surface area contributed by atoms with Gasteiger partial charge in [-0.1, -0.05) is 0 Å². The summed E-state index contributed by atoms with van der Waals surface area (Å²) in [6, 6.07) is 0.193. The number of carbonyl (C=O) groups excluding carboxylic acids is 1. The Morgan fingerprint density at radius 2 is 1.93 bits per heavy atom. The van der Waals surface area contributed by atoms with Crippen molar-refractivity contribution in [2.45, 2.75) is 71.1 Å². The molecule has 0 aromatic carbocycles. The van der Waals surface area contributed by atoms with Crippen LogP contribution in [0, 0.1) is 0 Å². The van der Waals surface area contributed by atoms with E-state index in [9.17, 15) is 4.79 Å². The number of aromatic nitrogens is 3. The number of amides is 1. The van der Waals surface area contributed by atoms with E-state index in [0.29, 0.717) is 12.5 Å². The summed E-state index contributed by atoms with van der Waals surface area (Å²) in [7, 11) is 0. The van der Waals surface area contributed by atoms with E-state index in [0.717, 1.165) is 23.4 Å². The van der Waals surface area contributed by atoms with E-state index < -0.39 is 5.60 Å². The SMILES string of the molecule is CC1CN(C(=O)OC(C)(C)C)[C@@H](C)CN1c1ncnc2[nH]cc(C3CC3)c12. The Bertz CT molecular complexity index is 852. The van der Waals surface area contributed by atoms with E-state index in [1.165, 1.54) is 18.4 Å². The van der Waals surface area contributed by atoms with E-state index in [1.54, 1.807) is 6.33 Å². The van der Waals surface area contributed by atoms with E-state index >= 15 is 0 Å². The molecule has 7 heteroatoms. The van der Waals surface area contributed by atoms with Crippen molar-refractivity contribution in [3.63, 3.8) is 0 Å². The summed E-state index contributed by atoms with van der Waals surface area (Å²) in [5.74, 6) is 1.60. The Labute approximate surface area is 160 Å². The maximum atomic E-state index is 12.6. The summed E-state index contributed by atoms with van der Waals surface area (Å²) in [6.07, 6.45) is 5.95. The Balaban J connectivity index is 1.61. The summed E-state index contributed by atoms with van der Waals surface area (Å²) >= 11 is 0. The molecule has 146 valence electrons. The fourth-order valence-corrected chi connectivity index (χ4v) is 3.90. The minimum atomic E-state index is -0.486. The van der Waals surface area contributed by atoms with Gasteiger partial charge in [0.2, 0.25) is 0 Å². The van der Waals surface area contributed by atoms with E-state index in [4.69, 9.17) is 4.74 Å². The summed E-state index contributed by atoms with van der Waals surface area (Å²) < 4.78 is 5.59. The molecule has 0 spiro atoms. The highest BCUT2D eigenvalue weighted by Crippen LogP contribution is 2.45. The first-order valence-corrected chi connectivity index (χ1v) is 9.83. The second-order valence-electron chi connectivity index (χ2n) is 8.92. The number of fused-ring (bicyclic) bond motifs is 1. The van der Waals surface area contributed by atoms with Crippen molar-refractivity contribution in [2.24, 2.45) is 0 Å². The molecule has 1 N–H and O–H groups in total. The van der Waals surface area contributed by atoms with Crippen molar-refractivity contribution in [3.8, 4) is 0 Å². The number of piperazine rings is 1. The number of hydrogen-bond acceptors (Lipinski definition) is 5. The molecule has 1 saturated carbocycles. The lowest BCUT2D eigenvalue weighted by Crippen LogP contribution is -2.59. The molecule has 4 rings (SSSR count). The highest BCUT2D eigenvalue weighted by molar-refractivity contribution is 5.92. The molecule has 1 saturated heterocycles. The van der Waals surface area contributed by atoms with Gasteiger partial charge < -0.3 is 19.5 Å². The van der Waals surface area contributed by atoms with Crippen LogP contribution < -0.4 is 4.90 Å². The standard InChI is InChI=1S/C20H29N5O2/c1-12-10-25(19(26)27-20(3,4)5)13(2)9-24(12)18-16-15(14-6-7-14)8-21-17(16)22-11-23-18/h8,11-14H,6-7,9-10H2,1-5H3,(H,21,22,23)/t12?,13-/m0/s1. The van der Waals surface area contributed by atoms with E-state index in [2.05, 4.69) is 39.9 Å². The Kier molecular flexibility index (Phi) is 4.28. The molecule has 1 aliphatic heterocycles. The van der Waals surface area contributed by atoms with Gasteiger partial charge in [-0.15, -0.1) is 0 Å². The molecule has 2 aromatic heterocycles. The van der Waals surface area contributed by atoms with Crippen LogP contribution in [0.1, 0.15) is 58.9 Å². The maximum Gasteiger partial charge on any atom is 0.410 e. The number of ether oxygens (including phenoxy) is 1. The monoisotopic (exact) mass is 371 g/mol. The summed E-state index contributed by atoms with van der Waals surface area (Å²) in [5.41, 5.74) is 1.74. The lowest BCUT2D eigenvalue weighted by molar-refractivity contribution is 0.0130. The lowest BCUT2D eigenvalue weighted by atomic mass is 10.1. The van der Waals surface area contributed by atoms with Crippen LogP contribution in [0.25, 0.3) is 11.0 Å². The number of nitrogens with one attached hydrogen (secondary N) is 1. The van der Waals surface area contributed by atoms with Crippen LogP contribution in [0.4, 0.5) is 10.6 Å². The molecule has 1 amide bonds. The topological polar surface area (TPSA) is 74.3 Å². The summed E-state index contributed by atoms with van der Waals surface area (Å²) in [4.78, 5) is 29.1. The van der Waals surface area contributed by atoms with Crippen LogP contribution in [0.3, 0.4) is 0 Å². The normalized spacial score (nSPS) is 23.7. The quantitative estimate of drug-likeness (QED) is 0.872. The number of hydrogen-bond donors (Lipinski definition) is 1. The second-order valence-corrected chi connectivity index (χ2v) is 8.92. The number of anilines is 1. The van der Waals surface area contributed by atoms with Gasteiger partial charge in [-0.05, 0) is 58.9 Å². The van der Waals surface area contributed by atoms with Gasteiger partial charge in [-0.2, -0.15) is 0 Å². The predicted molar refractivity (Wildman–Crippen MR) is 105 cm³/mol. The van der Waals surface area contributed by atoms with Crippen molar-refractivity contribution in [3.05, 3.63) is 18.1 Å². The summed E-state index contributed by atoms with van der Waals surface area (Å²) in [5, 5.41) is 1.14. The van der Waals surface area contributed by atoms with Crippen LogP contribution in [0.2, 0.25) is 0 Å². The highest BCUT2D eigenvalue weighted by Gasteiger charge is 2.37. The first-order valence-electron chi connectivity index (χ1n) is 9.83. The molecule has 0 bridgehead atoms. The minimum absolute atomic E-state index is 0.0457. The maximum absolute atomic E-state index is 12.6. The molecule has 0 radical (unpaired) electrons. The fourth-order valence-electron chi connectivity index (χ4n) is 3.90. The first kappa shape index (κ1) is 18.1. The fraction of sp³-hybridized carbons (Fsp3) is 0.650. The third-order valence-corrected chi connectivity index (χ3v) is 5.38. The Hall–Kier alpha value is -2.31. The van der Waals surface area contributed by atoms with Gasteiger partial charge in [0.15, 0.2) is 0 Å². The molecule has 3 heterocycles. The number of H-pyrrole nitrogens is 1. The van der Waals surface area contributed by atoms with Crippen LogP contribution in [0.5, 0.6) is 0 Å². The molecule has 1 aliphatic carbocycles. The summed E-state index contributed by atoms with van der Waals surface area (Å²) in [6.45, 7) is 11.3. The zero-order valence-corrected chi connectivity index (χ0v) is 16.8. The molecular weight excluding hydrogens is 342 g/mol. The van der Waals surface area contributed by atoms with Gasteiger partial charge in [0.1, 0.15) is 23.4 Å². The first-order chi connectivity index (χ1) is 12.7. The van der Waals surface area contributed by atoms with E-state index in [1.807, 2.05) is 25.7 Å². The average molecular weight is 371 g/mol. The number of aromatic amines is 1. The van der Waals surface area contributed by atoms with Crippen molar-refractivity contribution >= 4 is 22.9 Å². The van der Waals surface area contributed by atoms with Gasteiger partial charge >= 0.3 is 6.09 Å². The largest absolute Gasteiger partial charge is 0.444 e. The molecule has 2 aromatic rings. The predicted octanol–water partition coefficient (Wildman–Crippen LogP) is 3.67. The number of carbonyl (C=O) groups is 1. The molecule has 2 aliphatic rings. The van der Waals surface area contributed by atoms with Crippen LogP contribution >= 0.6 is 0 Å². The van der Waals surface area contributed by atoms with Gasteiger partial charge in [0.25, 0.3) is 0 Å². The number of nitrogens with zero attached hydrogens (tertiary/aromatic N) is 4. The third kappa shape index (κ3) is 3.47. The van der Waals surface area contributed by atoms with E-state index in [-0.39, 0.29) is 18.2 Å². The van der Waals surface area contributed by atoms with Crippen molar-refractivity contribution < 1.29 is 9.53 Å². The van der Waals surface area contributed by atoms with Crippen molar-refractivity contribution in [2.75, 3.05) is 18.0 Å². The average Bonchev–Trinajstić information content (AvgIpc) is 3.33. The molecule has 2 atom stereocenters. The molecule has 7 nitrogen and oxygen atoms in total. The van der Waals surface area contributed by atoms with Crippen LogP contribution in [-0.4, -0.2) is 56.7 Å². The van der Waals surface area contributed by atoms with Gasteiger partial charge in [0, 0.05) is 31.4 Å². The minimum Gasteiger partial charge on any atom is -0.444 e. The second kappa shape index (κ2) is 6.39. The molecule has 2 fully saturated rings. The van der Waals surface area contributed by atoms with Gasteiger partial charge in [-0.25, -0.2) is 14.8 Å². The van der Waals surface area contributed by atoms with Crippen LogP contribution in [-0.2, 0) is 4.74 Å². The Morgan fingerprint density at radius 3 is 2.59 bits per heavy atom.